The van der Waals surface area contributed by atoms with Gasteiger partial charge >= 0.3 is 0 Å². The summed E-state index contributed by atoms with van der Waals surface area (Å²) >= 11 is 0. The summed E-state index contributed by atoms with van der Waals surface area (Å²) in [6, 6.07) is 7.82. The second kappa shape index (κ2) is 4.53. The van der Waals surface area contributed by atoms with Crippen LogP contribution in [-0.4, -0.2) is 30.1 Å². The number of nitrogens with two attached hydrogens (primary N) is 1. The van der Waals surface area contributed by atoms with Crippen LogP contribution >= 0.6 is 0 Å². The Kier molecular flexibility index (Phi) is 3.31. The molecule has 0 amide bonds. The van der Waals surface area contributed by atoms with E-state index in [0.29, 0.717) is 0 Å². The van der Waals surface area contributed by atoms with Gasteiger partial charge in [-0.05, 0) is 39.8 Å². The van der Waals surface area contributed by atoms with Crippen molar-refractivity contribution in [2.45, 2.75) is 38.9 Å². The molecule has 0 unspecified atom stereocenters. The number of hydrogen-bond acceptors (Lipinski definition) is 3. The molecule has 1 aliphatic heterocycles. The van der Waals surface area contributed by atoms with Gasteiger partial charge in [0, 0.05) is 24.3 Å². The average molecular weight is 261 g/mol. The molecule has 19 heavy (non-hydrogen) atoms. The largest absolute Gasteiger partial charge is 0.384 e. The third kappa shape index (κ3) is 3.07. The standard InChI is InChI=1S/C15H23N3O/c1-14(2)9-18(10-15(3,4)19-14)12-8-6-5-7-11(12)13(16)17/h5-8H,9-10H2,1-4H3,(H3,16,17). The van der Waals surface area contributed by atoms with Crippen LogP contribution in [0.3, 0.4) is 0 Å². The summed E-state index contributed by atoms with van der Waals surface area (Å²) in [5.41, 5.74) is 7.05. The van der Waals surface area contributed by atoms with E-state index in [1.54, 1.807) is 0 Å². The van der Waals surface area contributed by atoms with Crippen LogP contribution < -0.4 is 10.6 Å². The van der Waals surface area contributed by atoms with Gasteiger partial charge in [-0.1, -0.05) is 12.1 Å². The summed E-state index contributed by atoms with van der Waals surface area (Å²) in [5.74, 6) is 0.109. The number of morpholine rings is 1. The molecular formula is C15H23N3O. The van der Waals surface area contributed by atoms with E-state index in [4.69, 9.17) is 15.9 Å². The van der Waals surface area contributed by atoms with Crippen molar-refractivity contribution in [3.05, 3.63) is 29.8 Å². The van der Waals surface area contributed by atoms with Gasteiger partial charge in [-0.15, -0.1) is 0 Å². The normalized spacial score (nSPS) is 21.2. The maximum Gasteiger partial charge on any atom is 0.124 e. The SMILES string of the molecule is CC1(C)CN(c2ccccc2C(=N)N)CC(C)(C)O1. The summed E-state index contributed by atoms with van der Waals surface area (Å²) in [4.78, 5) is 2.26. The molecule has 2 rings (SSSR count). The second-order valence-corrected chi connectivity index (χ2v) is 6.41. The highest BCUT2D eigenvalue weighted by Gasteiger charge is 2.38. The number of nitrogens with one attached hydrogen (secondary N) is 1. The van der Waals surface area contributed by atoms with Crippen LogP contribution in [0.5, 0.6) is 0 Å². The fraction of sp³-hybridized carbons (Fsp3) is 0.533. The number of ether oxygens (including phenoxy) is 1. The van der Waals surface area contributed by atoms with Crippen LogP contribution in [-0.2, 0) is 4.74 Å². The number of rotatable bonds is 2. The molecule has 104 valence electrons. The van der Waals surface area contributed by atoms with Gasteiger partial charge < -0.3 is 15.4 Å². The minimum atomic E-state index is -0.217. The molecule has 4 nitrogen and oxygen atoms in total. The first kappa shape index (κ1) is 13.9. The van der Waals surface area contributed by atoms with Crippen LogP contribution in [0.1, 0.15) is 33.3 Å². The number of hydrogen-bond donors (Lipinski definition) is 2. The molecule has 1 aromatic rings. The van der Waals surface area contributed by atoms with E-state index in [0.717, 1.165) is 24.3 Å². The zero-order valence-electron chi connectivity index (χ0n) is 12.2. The van der Waals surface area contributed by atoms with Gasteiger partial charge in [0.2, 0.25) is 0 Å². The Hall–Kier alpha value is -1.55. The third-order valence-corrected chi connectivity index (χ3v) is 3.23. The van der Waals surface area contributed by atoms with Crippen LogP contribution in [0.25, 0.3) is 0 Å². The minimum absolute atomic E-state index is 0.109. The van der Waals surface area contributed by atoms with Gasteiger partial charge in [0.15, 0.2) is 0 Å². The van der Waals surface area contributed by atoms with Gasteiger partial charge in [-0.2, -0.15) is 0 Å². The number of anilines is 1. The molecule has 0 radical (unpaired) electrons. The van der Waals surface area contributed by atoms with Crippen LogP contribution in [0, 0.1) is 5.41 Å². The Morgan fingerprint density at radius 3 is 2.21 bits per heavy atom. The lowest BCUT2D eigenvalue weighted by Gasteiger charge is -2.48. The lowest BCUT2D eigenvalue weighted by molar-refractivity contribution is -0.133. The van der Waals surface area contributed by atoms with Crippen molar-refractivity contribution in [3.63, 3.8) is 0 Å². The number of nitrogens with zero attached hydrogens (tertiary/aromatic N) is 1. The summed E-state index contributed by atoms with van der Waals surface area (Å²) in [5, 5.41) is 7.71. The fourth-order valence-electron chi connectivity index (χ4n) is 2.94. The van der Waals surface area contributed by atoms with E-state index < -0.39 is 0 Å². The van der Waals surface area contributed by atoms with E-state index in [1.807, 2.05) is 24.3 Å². The topological polar surface area (TPSA) is 62.3 Å². The van der Waals surface area contributed by atoms with E-state index >= 15 is 0 Å². The highest BCUT2D eigenvalue weighted by molar-refractivity contribution is 6.00. The van der Waals surface area contributed by atoms with E-state index in [-0.39, 0.29) is 17.0 Å². The molecule has 1 heterocycles. The predicted octanol–water partition coefficient (Wildman–Crippen LogP) is 2.36. The van der Waals surface area contributed by atoms with Crippen molar-refractivity contribution < 1.29 is 4.74 Å². The Morgan fingerprint density at radius 1 is 1.16 bits per heavy atom. The monoisotopic (exact) mass is 261 g/mol. The smallest absolute Gasteiger partial charge is 0.124 e. The molecule has 1 aliphatic rings. The number of amidine groups is 1. The summed E-state index contributed by atoms with van der Waals surface area (Å²) in [6.45, 7) is 9.96. The van der Waals surface area contributed by atoms with Gasteiger partial charge in [-0.3, -0.25) is 5.41 Å². The highest BCUT2D eigenvalue weighted by atomic mass is 16.5. The van der Waals surface area contributed by atoms with Crippen molar-refractivity contribution in [2.24, 2.45) is 5.73 Å². The first-order chi connectivity index (χ1) is 8.70. The first-order valence-corrected chi connectivity index (χ1v) is 6.59. The minimum Gasteiger partial charge on any atom is -0.384 e. The molecule has 1 fully saturated rings. The van der Waals surface area contributed by atoms with Gasteiger partial charge in [0.25, 0.3) is 0 Å². The first-order valence-electron chi connectivity index (χ1n) is 6.59. The number of nitrogen functional groups attached to an aromatic ring is 1. The zero-order chi connectivity index (χ0) is 14.3. The van der Waals surface area contributed by atoms with Crippen molar-refractivity contribution in [3.8, 4) is 0 Å². The van der Waals surface area contributed by atoms with Crippen molar-refractivity contribution in [2.75, 3.05) is 18.0 Å². The number of para-hydroxylation sites is 1. The van der Waals surface area contributed by atoms with Crippen molar-refractivity contribution in [1.29, 1.82) is 5.41 Å². The Balaban J connectivity index is 2.39. The predicted molar refractivity (Wildman–Crippen MR) is 78.9 cm³/mol. The maximum atomic E-state index is 7.71. The molecule has 4 heteroatoms. The van der Waals surface area contributed by atoms with Crippen LogP contribution in [0.2, 0.25) is 0 Å². The molecule has 0 atom stereocenters. The maximum absolute atomic E-state index is 7.71. The van der Waals surface area contributed by atoms with Gasteiger partial charge in [0.05, 0.1) is 11.2 Å². The average Bonchev–Trinajstić information content (AvgIpc) is 2.24. The molecule has 0 bridgehead atoms. The highest BCUT2D eigenvalue weighted by Crippen LogP contribution is 2.32. The lowest BCUT2D eigenvalue weighted by Crippen LogP contribution is -2.57. The Labute approximate surface area is 115 Å². The quantitative estimate of drug-likeness (QED) is 0.634. The van der Waals surface area contributed by atoms with E-state index in [2.05, 4.69) is 32.6 Å². The molecule has 0 aromatic heterocycles. The summed E-state index contributed by atoms with van der Waals surface area (Å²) in [6.07, 6.45) is 0. The molecule has 0 aliphatic carbocycles. The fourth-order valence-corrected chi connectivity index (χ4v) is 2.94. The van der Waals surface area contributed by atoms with Gasteiger partial charge in [0.1, 0.15) is 5.84 Å². The third-order valence-electron chi connectivity index (χ3n) is 3.23. The van der Waals surface area contributed by atoms with E-state index in [1.165, 1.54) is 0 Å². The summed E-state index contributed by atoms with van der Waals surface area (Å²) in [7, 11) is 0. The van der Waals surface area contributed by atoms with Crippen LogP contribution in [0.15, 0.2) is 24.3 Å². The lowest BCUT2D eigenvalue weighted by atomic mass is 9.97. The Morgan fingerprint density at radius 2 is 1.68 bits per heavy atom. The molecular weight excluding hydrogens is 238 g/mol. The second-order valence-electron chi connectivity index (χ2n) is 6.41. The number of benzene rings is 1. The Bertz CT molecular complexity index is 478. The van der Waals surface area contributed by atoms with Crippen molar-refractivity contribution >= 4 is 11.5 Å². The van der Waals surface area contributed by atoms with Gasteiger partial charge in [-0.25, -0.2) is 0 Å². The molecule has 0 saturated carbocycles. The van der Waals surface area contributed by atoms with Crippen LogP contribution in [0.4, 0.5) is 5.69 Å². The van der Waals surface area contributed by atoms with Crippen molar-refractivity contribution in [1.82, 2.24) is 0 Å². The van der Waals surface area contributed by atoms with E-state index in [9.17, 15) is 0 Å². The molecule has 1 aromatic carbocycles. The summed E-state index contributed by atoms with van der Waals surface area (Å²) < 4.78 is 6.09. The zero-order valence-corrected chi connectivity index (χ0v) is 12.2. The molecule has 3 N–H and O–H groups in total. The molecule has 1 saturated heterocycles. The molecule has 0 spiro atoms.